The fraction of sp³-hybridized carbons (Fsp3) is 0.412. The molecule has 24 heavy (non-hydrogen) atoms. The molecule has 0 radical (unpaired) electrons. The van der Waals surface area contributed by atoms with Gasteiger partial charge >= 0.3 is 5.97 Å². The third-order valence-corrected chi connectivity index (χ3v) is 5.05. The van der Waals surface area contributed by atoms with E-state index >= 15 is 0 Å². The summed E-state index contributed by atoms with van der Waals surface area (Å²) in [6.07, 6.45) is 3.48. The predicted octanol–water partition coefficient (Wildman–Crippen LogP) is 1.48. The maximum Gasteiger partial charge on any atom is 0.315 e. The largest absolute Gasteiger partial charge is 0.497 e. The van der Waals surface area contributed by atoms with Gasteiger partial charge in [0.1, 0.15) is 29.3 Å². The van der Waals surface area contributed by atoms with Crippen LogP contribution in [-0.2, 0) is 11.3 Å². The fourth-order valence-electron chi connectivity index (χ4n) is 3.81. The third kappa shape index (κ3) is 2.24. The number of aromatic amines is 1. The van der Waals surface area contributed by atoms with Crippen LogP contribution in [0, 0.1) is 5.41 Å². The first-order chi connectivity index (χ1) is 11.6. The van der Waals surface area contributed by atoms with Crippen molar-refractivity contribution in [1.82, 2.24) is 14.9 Å². The van der Waals surface area contributed by atoms with E-state index in [-0.39, 0.29) is 12.5 Å². The molecular formula is C17H19N3O4. The van der Waals surface area contributed by atoms with Crippen molar-refractivity contribution < 1.29 is 19.4 Å². The normalized spacial score (nSPS) is 25.6. The van der Waals surface area contributed by atoms with Crippen LogP contribution in [0.4, 0.5) is 0 Å². The van der Waals surface area contributed by atoms with Gasteiger partial charge in [0.05, 0.1) is 13.7 Å². The van der Waals surface area contributed by atoms with Crippen molar-refractivity contribution in [2.24, 2.45) is 5.41 Å². The molecule has 1 saturated heterocycles. The molecule has 1 aromatic carbocycles. The van der Waals surface area contributed by atoms with E-state index in [1.54, 1.807) is 19.5 Å². The molecule has 1 unspecified atom stereocenters. The van der Waals surface area contributed by atoms with Crippen molar-refractivity contribution in [3.63, 3.8) is 0 Å². The molecular weight excluding hydrogens is 310 g/mol. The molecule has 0 bridgehead atoms. The van der Waals surface area contributed by atoms with Gasteiger partial charge in [-0.3, -0.25) is 9.69 Å². The number of nitrogens with zero attached hydrogens (tertiary/aromatic N) is 2. The van der Waals surface area contributed by atoms with Gasteiger partial charge in [-0.05, 0) is 6.07 Å². The van der Waals surface area contributed by atoms with Gasteiger partial charge in [-0.15, -0.1) is 0 Å². The summed E-state index contributed by atoms with van der Waals surface area (Å²) in [5.74, 6) is 1.35. The lowest BCUT2D eigenvalue weighted by Crippen LogP contribution is -2.45. The zero-order valence-electron chi connectivity index (χ0n) is 13.4. The number of carbonyl (C=O) groups is 1. The smallest absolute Gasteiger partial charge is 0.315 e. The Kier molecular flexibility index (Phi) is 3.45. The Bertz CT molecular complexity index is 761. The summed E-state index contributed by atoms with van der Waals surface area (Å²) < 4.78 is 11.1. The predicted molar refractivity (Wildman–Crippen MR) is 85.2 cm³/mol. The minimum Gasteiger partial charge on any atom is -0.497 e. The van der Waals surface area contributed by atoms with Gasteiger partial charge < -0.3 is 19.6 Å². The first-order valence-corrected chi connectivity index (χ1v) is 7.87. The summed E-state index contributed by atoms with van der Waals surface area (Å²) in [6, 6.07) is 5.61. The number of ether oxygens (including phenoxy) is 2. The number of methoxy groups -OCH3 is 1. The number of likely N-dealkylation sites (tertiary alicyclic amines) is 1. The molecule has 0 aliphatic carbocycles. The average molecular weight is 329 g/mol. The van der Waals surface area contributed by atoms with Crippen molar-refractivity contribution in [2.45, 2.75) is 12.5 Å². The molecule has 2 aliphatic rings. The van der Waals surface area contributed by atoms with Gasteiger partial charge in [0.25, 0.3) is 0 Å². The van der Waals surface area contributed by atoms with E-state index in [0.717, 1.165) is 17.1 Å². The zero-order chi connectivity index (χ0) is 16.7. The Labute approximate surface area is 139 Å². The molecule has 0 spiro atoms. The molecule has 7 heteroatoms. The number of aromatic nitrogens is 2. The van der Waals surface area contributed by atoms with Gasteiger partial charge in [-0.2, -0.15) is 0 Å². The van der Waals surface area contributed by atoms with Crippen LogP contribution in [0.1, 0.15) is 17.3 Å². The second-order valence-electron chi connectivity index (χ2n) is 6.41. The molecule has 0 amide bonds. The molecule has 2 atom stereocenters. The molecule has 4 rings (SSSR count). The van der Waals surface area contributed by atoms with Crippen molar-refractivity contribution in [1.29, 1.82) is 0 Å². The Morgan fingerprint density at radius 2 is 2.46 bits per heavy atom. The summed E-state index contributed by atoms with van der Waals surface area (Å²) in [4.78, 5) is 21.5. The average Bonchev–Trinajstić information content (AvgIpc) is 3.22. The standard InChI is InChI=1S/C17H19N3O4/c1-23-11-2-3-12-13-7-20(8-15-18-4-5-19-15)9-17(13,16(21)22)10-24-14(12)6-11/h2-6,13H,7-10H2,1H3,(H,18,19)(H,21,22)/t13?,17-/m1/s1. The van der Waals surface area contributed by atoms with E-state index in [9.17, 15) is 9.90 Å². The number of fused-ring (bicyclic) bond motifs is 3. The lowest BCUT2D eigenvalue weighted by atomic mass is 9.73. The minimum absolute atomic E-state index is 0.111. The van der Waals surface area contributed by atoms with Crippen LogP contribution in [0.25, 0.3) is 0 Å². The van der Waals surface area contributed by atoms with E-state index in [4.69, 9.17) is 9.47 Å². The number of rotatable bonds is 4. The molecule has 1 aromatic heterocycles. The summed E-state index contributed by atoms with van der Waals surface area (Å²) in [5.41, 5.74) is 0.0140. The lowest BCUT2D eigenvalue weighted by Gasteiger charge is -2.36. The monoisotopic (exact) mass is 329 g/mol. The molecule has 7 nitrogen and oxygen atoms in total. The number of nitrogens with one attached hydrogen (secondary N) is 1. The summed E-state index contributed by atoms with van der Waals surface area (Å²) >= 11 is 0. The molecule has 2 N–H and O–H groups in total. The Balaban J connectivity index is 1.68. The van der Waals surface area contributed by atoms with Crippen LogP contribution in [0.2, 0.25) is 0 Å². The van der Waals surface area contributed by atoms with Gasteiger partial charge in [-0.1, -0.05) is 6.07 Å². The maximum atomic E-state index is 12.1. The van der Waals surface area contributed by atoms with E-state index in [0.29, 0.717) is 25.4 Å². The first kappa shape index (κ1) is 15.0. The number of imidazole rings is 1. The third-order valence-electron chi connectivity index (χ3n) is 5.05. The first-order valence-electron chi connectivity index (χ1n) is 7.87. The van der Waals surface area contributed by atoms with E-state index in [1.807, 2.05) is 18.2 Å². The highest BCUT2D eigenvalue weighted by molar-refractivity contribution is 5.78. The van der Waals surface area contributed by atoms with Crippen LogP contribution in [0.15, 0.2) is 30.6 Å². The Morgan fingerprint density at radius 1 is 1.58 bits per heavy atom. The number of carboxylic acids is 1. The SMILES string of the molecule is COc1ccc2c(c1)OC[C@]1(C(=O)O)CN(Cc3ncc[nH]3)CC21. The maximum absolute atomic E-state index is 12.1. The highest BCUT2D eigenvalue weighted by Crippen LogP contribution is 2.50. The number of hydrogen-bond donors (Lipinski definition) is 2. The number of H-pyrrole nitrogens is 1. The number of aliphatic carboxylic acids is 1. The van der Waals surface area contributed by atoms with Gasteiger partial charge in [0.2, 0.25) is 0 Å². The van der Waals surface area contributed by atoms with Gasteiger partial charge in [0, 0.05) is 43.0 Å². The molecule has 1 fully saturated rings. The highest BCUT2D eigenvalue weighted by Gasteiger charge is 2.56. The molecule has 3 heterocycles. The van der Waals surface area contributed by atoms with Crippen LogP contribution in [0.3, 0.4) is 0 Å². The topological polar surface area (TPSA) is 87.7 Å². The summed E-state index contributed by atoms with van der Waals surface area (Å²) in [5, 5.41) is 9.91. The molecule has 2 aliphatic heterocycles. The summed E-state index contributed by atoms with van der Waals surface area (Å²) in [7, 11) is 1.60. The fourth-order valence-corrected chi connectivity index (χ4v) is 3.81. The van der Waals surface area contributed by atoms with Crippen LogP contribution in [-0.4, -0.2) is 52.7 Å². The Morgan fingerprint density at radius 3 is 3.17 bits per heavy atom. The summed E-state index contributed by atoms with van der Waals surface area (Å²) in [6.45, 7) is 1.88. The van der Waals surface area contributed by atoms with E-state index in [2.05, 4.69) is 14.9 Å². The highest BCUT2D eigenvalue weighted by atomic mass is 16.5. The van der Waals surface area contributed by atoms with Crippen molar-refractivity contribution >= 4 is 5.97 Å². The number of carboxylic acid groups (broad SMARTS) is 1. The Hall–Kier alpha value is -2.54. The molecule has 2 aromatic rings. The van der Waals surface area contributed by atoms with Crippen LogP contribution >= 0.6 is 0 Å². The van der Waals surface area contributed by atoms with Crippen molar-refractivity contribution in [2.75, 3.05) is 26.8 Å². The van der Waals surface area contributed by atoms with E-state index < -0.39 is 11.4 Å². The second kappa shape index (κ2) is 5.52. The molecule has 126 valence electrons. The minimum atomic E-state index is -0.922. The second-order valence-corrected chi connectivity index (χ2v) is 6.41. The van der Waals surface area contributed by atoms with Crippen molar-refractivity contribution in [3.05, 3.63) is 42.0 Å². The van der Waals surface area contributed by atoms with Crippen LogP contribution < -0.4 is 9.47 Å². The lowest BCUT2D eigenvalue weighted by molar-refractivity contribution is -0.151. The quantitative estimate of drug-likeness (QED) is 0.883. The van der Waals surface area contributed by atoms with Gasteiger partial charge in [0.15, 0.2) is 0 Å². The number of hydrogen-bond acceptors (Lipinski definition) is 5. The zero-order valence-corrected chi connectivity index (χ0v) is 13.4. The van der Waals surface area contributed by atoms with Crippen molar-refractivity contribution in [3.8, 4) is 11.5 Å². The van der Waals surface area contributed by atoms with Crippen LogP contribution in [0.5, 0.6) is 11.5 Å². The van der Waals surface area contributed by atoms with Gasteiger partial charge in [-0.25, -0.2) is 4.98 Å². The molecule has 0 saturated carbocycles. The number of benzene rings is 1. The van der Waals surface area contributed by atoms with E-state index in [1.165, 1.54) is 0 Å².